The largest absolute Gasteiger partial charge is 0.495 e. The maximum atomic E-state index is 12.1. The molecule has 3 nitrogen and oxygen atoms in total. The first kappa shape index (κ1) is 15.4. The molecule has 0 saturated heterocycles. The van der Waals surface area contributed by atoms with Gasteiger partial charge in [0.15, 0.2) is 5.78 Å². The highest BCUT2D eigenvalue weighted by atomic mass is 79.9. The van der Waals surface area contributed by atoms with Gasteiger partial charge in [0, 0.05) is 0 Å². The molecule has 0 atom stereocenters. The first-order valence-electron chi connectivity index (χ1n) is 5.67. The van der Waals surface area contributed by atoms with E-state index < -0.39 is 0 Å². The van der Waals surface area contributed by atoms with Crippen LogP contribution in [0.5, 0.6) is 11.5 Å². The molecule has 100 valence electrons. The van der Waals surface area contributed by atoms with Gasteiger partial charge in [0.05, 0.1) is 25.5 Å². The van der Waals surface area contributed by atoms with Gasteiger partial charge in [-0.1, -0.05) is 6.92 Å². The Labute approximate surface area is 120 Å². The van der Waals surface area contributed by atoms with E-state index in [1.807, 2.05) is 0 Å². The first-order valence-corrected chi connectivity index (χ1v) is 7.61. The van der Waals surface area contributed by atoms with Crippen molar-refractivity contribution in [3.05, 3.63) is 22.2 Å². The van der Waals surface area contributed by atoms with Crippen LogP contribution in [-0.2, 0) is 0 Å². The minimum Gasteiger partial charge on any atom is -0.495 e. The van der Waals surface area contributed by atoms with E-state index in [2.05, 4.69) is 22.9 Å². The van der Waals surface area contributed by atoms with Gasteiger partial charge >= 0.3 is 0 Å². The smallest absolute Gasteiger partial charge is 0.176 e. The fourth-order valence-corrected chi connectivity index (χ4v) is 2.95. The third-order valence-corrected chi connectivity index (χ3v) is 4.28. The number of halogens is 1. The maximum absolute atomic E-state index is 12.1. The number of methoxy groups -OCH3 is 2. The fraction of sp³-hybridized carbons (Fsp3) is 0.462. The number of Topliss-reactive ketones (excluding diaryl/α,β-unsaturated/α-hetero) is 1. The van der Waals surface area contributed by atoms with Crippen molar-refractivity contribution in [2.45, 2.75) is 13.3 Å². The molecule has 0 heterocycles. The van der Waals surface area contributed by atoms with E-state index in [1.54, 1.807) is 38.1 Å². The predicted molar refractivity (Wildman–Crippen MR) is 79.2 cm³/mol. The van der Waals surface area contributed by atoms with Crippen molar-refractivity contribution in [3.8, 4) is 11.5 Å². The molecule has 5 heteroatoms. The van der Waals surface area contributed by atoms with Crippen molar-refractivity contribution in [2.24, 2.45) is 0 Å². The number of carbonyl (C=O) groups excluding carboxylic acids is 1. The second-order valence-electron chi connectivity index (χ2n) is 3.64. The second-order valence-corrected chi connectivity index (χ2v) is 5.54. The third kappa shape index (κ3) is 3.65. The SMILES string of the molecule is CCCSCC(=O)c1ccc(OC)c(Br)c1OC. The van der Waals surface area contributed by atoms with E-state index in [-0.39, 0.29) is 5.78 Å². The van der Waals surface area contributed by atoms with Crippen LogP contribution in [0.3, 0.4) is 0 Å². The highest BCUT2D eigenvalue weighted by Gasteiger charge is 2.17. The van der Waals surface area contributed by atoms with Gasteiger partial charge in [-0.05, 0) is 40.2 Å². The molecule has 1 rings (SSSR count). The molecule has 0 spiro atoms. The van der Waals surface area contributed by atoms with Crippen molar-refractivity contribution in [3.63, 3.8) is 0 Å². The molecule has 0 fully saturated rings. The summed E-state index contributed by atoms with van der Waals surface area (Å²) in [6, 6.07) is 3.52. The summed E-state index contributed by atoms with van der Waals surface area (Å²) in [6.45, 7) is 2.10. The van der Waals surface area contributed by atoms with Crippen LogP contribution in [0.15, 0.2) is 16.6 Å². The van der Waals surface area contributed by atoms with Crippen molar-refractivity contribution in [1.29, 1.82) is 0 Å². The van der Waals surface area contributed by atoms with Gasteiger partial charge in [-0.15, -0.1) is 0 Å². The first-order chi connectivity index (χ1) is 8.65. The quantitative estimate of drug-likeness (QED) is 0.562. The van der Waals surface area contributed by atoms with Crippen LogP contribution in [0.4, 0.5) is 0 Å². The molecule has 0 saturated carbocycles. The molecule has 0 aromatic heterocycles. The van der Waals surface area contributed by atoms with Gasteiger partial charge < -0.3 is 9.47 Å². The van der Waals surface area contributed by atoms with Crippen LogP contribution in [-0.4, -0.2) is 31.5 Å². The second kappa shape index (κ2) is 7.69. The predicted octanol–water partition coefficient (Wildman–Crippen LogP) is 3.79. The average Bonchev–Trinajstić information content (AvgIpc) is 2.38. The van der Waals surface area contributed by atoms with Gasteiger partial charge in [-0.2, -0.15) is 11.8 Å². The van der Waals surface area contributed by atoms with E-state index in [1.165, 1.54) is 0 Å². The lowest BCUT2D eigenvalue weighted by Gasteiger charge is -2.12. The summed E-state index contributed by atoms with van der Waals surface area (Å²) in [7, 11) is 3.13. The molecule has 1 aromatic rings. The van der Waals surface area contributed by atoms with Gasteiger partial charge in [-0.25, -0.2) is 0 Å². The minimum atomic E-state index is 0.0775. The number of rotatable bonds is 7. The number of carbonyl (C=O) groups is 1. The Bertz CT molecular complexity index is 421. The lowest BCUT2D eigenvalue weighted by atomic mass is 10.1. The molecule has 1 aromatic carbocycles. The van der Waals surface area contributed by atoms with Crippen molar-refractivity contribution in [2.75, 3.05) is 25.7 Å². The number of hydrogen-bond acceptors (Lipinski definition) is 4. The van der Waals surface area contributed by atoms with Crippen LogP contribution in [0, 0.1) is 0 Å². The van der Waals surface area contributed by atoms with Crippen LogP contribution in [0.2, 0.25) is 0 Å². The molecule has 0 unspecified atom stereocenters. The number of hydrogen-bond donors (Lipinski definition) is 0. The summed E-state index contributed by atoms with van der Waals surface area (Å²) in [4.78, 5) is 12.1. The molecular weight excluding hydrogens is 316 g/mol. The summed E-state index contributed by atoms with van der Waals surface area (Å²) in [5, 5.41) is 0. The number of thioether (sulfide) groups is 1. The Kier molecular flexibility index (Phi) is 6.57. The molecule has 0 aliphatic heterocycles. The van der Waals surface area contributed by atoms with Crippen LogP contribution in [0.1, 0.15) is 23.7 Å². The van der Waals surface area contributed by atoms with Gasteiger partial charge in [0.25, 0.3) is 0 Å². The fourth-order valence-electron chi connectivity index (χ4n) is 1.50. The summed E-state index contributed by atoms with van der Waals surface area (Å²) >= 11 is 5.03. The number of ketones is 1. The Balaban J connectivity index is 2.94. The van der Waals surface area contributed by atoms with E-state index in [0.717, 1.165) is 12.2 Å². The Hall–Kier alpha value is -0.680. The van der Waals surface area contributed by atoms with E-state index in [0.29, 0.717) is 27.3 Å². The summed E-state index contributed by atoms with van der Waals surface area (Å²) in [5.74, 6) is 2.74. The Morgan fingerprint density at radius 2 is 2.06 bits per heavy atom. The lowest BCUT2D eigenvalue weighted by molar-refractivity contribution is 0.101. The van der Waals surface area contributed by atoms with Crippen LogP contribution < -0.4 is 9.47 Å². The molecule has 0 aliphatic carbocycles. The summed E-state index contributed by atoms with van der Waals surface area (Å²) < 4.78 is 11.1. The lowest BCUT2D eigenvalue weighted by Crippen LogP contribution is -2.06. The summed E-state index contributed by atoms with van der Waals surface area (Å²) in [5.41, 5.74) is 0.591. The topological polar surface area (TPSA) is 35.5 Å². The molecule has 18 heavy (non-hydrogen) atoms. The zero-order valence-corrected chi connectivity index (χ0v) is 13.2. The van der Waals surface area contributed by atoms with E-state index in [9.17, 15) is 4.79 Å². The standard InChI is InChI=1S/C13H17BrO3S/c1-4-7-18-8-10(15)9-5-6-11(16-2)12(14)13(9)17-3/h5-6H,4,7-8H2,1-3H3. The molecule has 0 radical (unpaired) electrons. The monoisotopic (exact) mass is 332 g/mol. The normalized spacial score (nSPS) is 10.2. The Morgan fingerprint density at radius 3 is 2.61 bits per heavy atom. The van der Waals surface area contributed by atoms with Crippen molar-refractivity contribution in [1.82, 2.24) is 0 Å². The van der Waals surface area contributed by atoms with Gasteiger partial charge in [0.2, 0.25) is 0 Å². The molecule has 0 aliphatic rings. The number of ether oxygens (including phenoxy) is 2. The van der Waals surface area contributed by atoms with Gasteiger partial charge in [0.1, 0.15) is 16.0 Å². The van der Waals surface area contributed by atoms with Crippen LogP contribution >= 0.6 is 27.7 Å². The van der Waals surface area contributed by atoms with E-state index in [4.69, 9.17) is 9.47 Å². The zero-order chi connectivity index (χ0) is 13.5. The zero-order valence-electron chi connectivity index (χ0n) is 10.8. The molecule has 0 bridgehead atoms. The number of benzene rings is 1. The molecular formula is C13H17BrO3S. The highest BCUT2D eigenvalue weighted by Crippen LogP contribution is 2.37. The van der Waals surface area contributed by atoms with Crippen LogP contribution in [0.25, 0.3) is 0 Å². The van der Waals surface area contributed by atoms with Crippen molar-refractivity contribution < 1.29 is 14.3 Å². The molecule has 0 amide bonds. The third-order valence-electron chi connectivity index (χ3n) is 2.37. The maximum Gasteiger partial charge on any atom is 0.176 e. The van der Waals surface area contributed by atoms with E-state index >= 15 is 0 Å². The minimum absolute atomic E-state index is 0.0775. The molecule has 0 N–H and O–H groups in total. The van der Waals surface area contributed by atoms with Gasteiger partial charge in [-0.3, -0.25) is 4.79 Å². The van der Waals surface area contributed by atoms with Crippen molar-refractivity contribution >= 4 is 33.5 Å². The average molecular weight is 333 g/mol. The Morgan fingerprint density at radius 1 is 1.33 bits per heavy atom. The summed E-state index contributed by atoms with van der Waals surface area (Å²) in [6.07, 6.45) is 1.07. The highest BCUT2D eigenvalue weighted by molar-refractivity contribution is 9.10.